The Hall–Kier alpha value is -2.66. The van der Waals surface area contributed by atoms with Gasteiger partial charge in [-0.2, -0.15) is 0 Å². The number of aryl methyl sites for hydroxylation is 1. The van der Waals surface area contributed by atoms with E-state index in [0.717, 1.165) is 16.3 Å². The monoisotopic (exact) mass is 352 g/mol. The Bertz CT molecular complexity index is 856. The first kappa shape index (κ1) is 17.2. The summed E-state index contributed by atoms with van der Waals surface area (Å²) in [6.07, 6.45) is 0.239. The van der Waals surface area contributed by atoms with Gasteiger partial charge in [0.1, 0.15) is 10.8 Å². The molecule has 0 fully saturated rings. The molecule has 3 aromatic rings. The number of carbonyl (C=O) groups is 1. The van der Waals surface area contributed by atoms with Crippen molar-refractivity contribution in [2.45, 2.75) is 20.3 Å². The summed E-state index contributed by atoms with van der Waals surface area (Å²) in [7, 11) is 0. The van der Waals surface area contributed by atoms with E-state index in [0.29, 0.717) is 18.0 Å². The molecule has 0 saturated carbocycles. The Morgan fingerprint density at radius 3 is 2.68 bits per heavy atom. The first-order valence-electron chi connectivity index (χ1n) is 8.19. The van der Waals surface area contributed by atoms with E-state index in [-0.39, 0.29) is 12.3 Å². The lowest BCUT2D eigenvalue weighted by molar-refractivity contribution is -0.115. The standard InChI is InChI=1S/C20H20N2O2S/c1-3-24-18-7-5-4-6-17(18)22-19(23)12-16-13-25-20(21-16)15-10-8-14(2)9-11-15/h4-11,13H,3,12H2,1-2H3,(H,22,23). The van der Waals surface area contributed by atoms with Crippen molar-refractivity contribution in [2.75, 3.05) is 11.9 Å². The van der Waals surface area contributed by atoms with Crippen LogP contribution in [0, 0.1) is 6.92 Å². The molecule has 128 valence electrons. The van der Waals surface area contributed by atoms with Gasteiger partial charge >= 0.3 is 0 Å². The molecule has 0 radical (unpaired) electrons. The van der Waals surface area contributed by atoms with Gasteiger partial charge in [-0.15, -0.1) is 11.3 Å². The van der Waals surface area contributed by atoms with Crippen LogP contribution in [0.5, 0.6) is 5.75 Å². The third-order valence-corrected chi connectivity index (χ3v) is 4.59. The molecule has 0 atom stereocenters. The number of aromatic nitrogens is 1. The number of para-hydroxylation sites is 2. The second-order valence-electron chi connectivity index (χ2n) is 5.66. The quantitative estimate of drug-likeness (QED) is 0.700. The number of amides is 1. The van der Waals surface area contributed by atoms with Crippen molar-refractivity contribution in [3.8, 4) is 16.3 Å². The molecule has 0 aliphatic rings. The molecule has 0 unspecified atom stereocenters. The minimum absolute atomic E-state index is 0.104. The van der Waals surface area contributed by atoms with E-state index in [9.17, 15) is 4.79 Å². The summed E-state index contributed by atoms with van der Waals surface area (Å²) in [6.45, 7) is 4.53. The third-order valence-electron chi connectivity index (χ3n) is 3.65. The van der Waals surface area contributed by atoms with Gasteiger partial charge in [-0.3, -0.25) is 4.79 Å². The number of nitrogens with zero attached hydrogens (tertiary/aromatic N) is 1. The minimum atomic E-state index is -0.104. The molecule has 4 nitrogen and oxygen atoms in total. The minimum Gasteiger partial charge on any atom is -0.492 e. The van der Waals surface area contributed by atoms with Gasteiger partial charge in [-0.25, -0.2) is 4.98 Å². The van der Waals surface area contributed by atoms with Crippen LogP contribution in [0.25, 0.3) is 10.6 Å². The van der Waals surface area contributed by atoms with Crippen molar-refractivity contribution in [1.82, 2.24) is 4.98 Å². The molecule has 1 N–H and O–H groups in total. The van der Waals surface area contributed by atoms with Gasteiger partial charge in [0, 0.05) is 10.9 Å². The van der Waals surface area contributed by atoms with E-state index in [1.807, 2.05) is 36.6 Å². The Kier molecular flexibility index (Phi) is 5.46. The van der Waals surface area contributed by atoms with Gasteiger partial charge in [-0.05, 0) is 26.0 Å². The molecular formula is C20H20N2O2S. The van der Waals surface area contributed by atoms with Crippen LogP contribution < -0.4 is 10.1 Å². The van der Waals surface area contributed by atoms with Crippen LogP contribution in [0.15, 0.2) is 53.9 Å². The molecule has 5 heteroatoms. The molecular weight excluding hydrogens is 332 g/mol. The Labute approximate surface area is 151 Å². The summed E-state index contributed by atoms with van der Waals surface area (Å²) < 4.78 is 5.53. The number of ether oxygens (including phenoxy) is 1. The Balaban J connectivity index is 1.67. The van der Waals surface area contributed by atoms with Crippen LogP contribution in [0.4, 0.5) is 5.69 Å². The fourth-order valence-electron chi connectivity index (χ4n) is 2.43. The lowest BCUT2D eigenvalue weighted by atomic mass is 10.2. The van der Waals surface area contributed by atoms with Gasteiger partial charge in [-0.1, -0.05) is 42.0 Å². The highest BCUT2D eigenvalue weighted by Crippen LogP contribution is 2.26. The SMILES string of the molecule is CCOc1ccccc1NC(=O)Cc1csc(-c2ccc(C)cc2)n1. The molecule has 1 aromatic heterocycles. The zero-order valence-electron chi connectivity index (χ0n) is 14.3. The summed E-state index contributed by atoms with van der Waals surface area (Å²) in [5.74, 6) is 0.574. The largest absolute Gasteiger partial charge is 0.492 e. The van der Waals surface area contributed by atoms with E-state index in [1.165, 1.54) is 5.56 Å². The van der Waals surface area contributed by atoms with Crippen molar-refractivity contribution in [1.29, 1.82) is 0 Å². The topological polar surface area (TPSA) is 51.2 Å². The molecule has 3 rings (SSSR count). The molecule has 1 heterocycles. The normalized spacial score (nSPS) is 10.5. The van der Waals surface area contributed by atoms with E-state index in [2.05, 4.69) is 41.5 Å². The van der Waals surface area contributed by atoms with Crippen LogP contribution in [0.2, 0.25) is 0 Å². The van der Waals surface area contributed by atoms with Crippen LogP contribution in [0.3, 0.4) is 0 Å². The summed E-state index contributed by atoms with van der Waals surface area (Å²) in [6, 6.07) is 15.7. The maximum absolute atomic E-state index is 12.3. The third kappa shape index (κ3) is 4.45. The molecule has 2 aromatic carbocycles. The lowest BCUT2D eigenvalue weighted by Gasteiger charge is -2.10. The zero-order chi connectivity index (χ0) is 17.6. The van der Waals surface area contributed by atoms with Crippen LogP contribution in [0.1, 0.15) is 18.2 Å². The molecule has 0 aliphatic heterocycles. The number of benzene rings is 2. The Morgan fingerprint density at radius 1 is 1.16 bits per heavy atom. The van der Waals surface area contributed by atoms with Crippen molar-refractivity contribution >= 4 is 22.9 Å². The van der Waals surface area contributed by atoms with E-state index >= 15 is 0 Å². The average Bonchev–Trinajstić information content (AvgIpc) is 3.06. The van der Waals surface area contributed by atoms with Crippen molar-refractivity contribution < 1.29 is 9.53 Å². The highest BCUT2D eigenvalue weighted by atomic mass is 32.1. The maximum atomic E-state index is 12.3. The summed E-state index contributed by atoms with van der Waals surface area (Å²) in [5, 5.41) is 5.76. The van der Waals surface area contributed by atoms with Gasteiger partial charge in [0.15, 0.2) is 0 Å². The highest BCUT2D eigenvalue weighted by molar-refractivity contribution is 7.13. The first-order valence-corrected chi connectivity index (χ1v) is 9.07. The van der Waals surface area contributed by atoms with Crippen LogP contribution in [-0.4, -0.2) is 17.5 Å². The molecule has 0 aliphatic carbocycles. The molecule has 25 heavy (non-hydrogen) atoms. The maximum Gasteiger partial charge on any atom is 0.230 e. The molecule has 0 saturated heterocycles. The predicted octanol–water partition coefficient (Wildman–Crippen LogP) is 4.70. The lowest BCUT2D eigenvalue weighted by Crippen LogP contribution is -2.15. The average molecular weight is 352 g/mol. The molecule has 0 bridgehead atoms. The fourth-order valence-corrected chi connectivity index (χ4v) is 3.25. The van der Waals surface area contributed by atoms with Gasteiger partial charge in [0.05, 0.1) is 24.4 Å². The summed E-state index contributed by atoms with van der Waals surface area (Å²) in [4.78, 5) is 16.9. The number of carbonyl (C=O) groups excluding carboxylic acids is 1. The number of hydrogen-bond acceptors (Lipinski definition) is 4. The van der Waals surface area contributed by atoms with E-state index in [1.54, 1.807) is 11.3 Å². The van der Waals surface area contributed by atoms with Crippen molar-refractivity contribution in [3.63, 3.8) is 0 Å². The number of rotatable bonds is 6. The first-order chi connectivity index (χ1) is 12.2. The smallest absolute Gasteiger partial charge is 0.230 e. The van der Waals surface area contributed by atoms with Crippen molar-refractivity contribution in [2.24, 2.45) is 0 Å². The fraction of sp³-hybridized carbons (Fsp3) is 0.200. The van der Waals surface area contributed by atoms with E-state index < -0.39 is 0 Å². The zero-order valence-corrected chi connectivity index (χ0v) is 15.1. The van der Waals surface area contributed by atoms with Gasteiger partial charge < -0.3 is 10.1 Å². The van der Waals surface area contributed by atoms with Crippen LogP contribution in [-0.2, 0) is 11.2 Å². The number of anilines is 1. The van der Waals surface area contributed by atoms with Gasteiger partial charge in [0.2, 0.25) is 5.91 Å². The van der Waals surface area contributed by atoms with Crippen molar-refractivity contribution in [3.05, 3.63) is 65.2 Å². The molecule has 1 amide bonds. The summed E-state index contributed by atoms with van der Waals surface area (Å²) >= 11 is 1.55. The second-order valence-corrected chi connectivity index (χ2v) is 6.52. The van der Waals surface area contributed by atoms with Gasteiger partial charge in [0.25, 0.3) is 0 Å². The van der Waals surface area contributed by atoms with Crippen LogP contribution >= 0.6 is 11.3 Å². The predicted molar refractivity (Wildman–Crippen MR) is 102 cm³/mol. The molecule has 0 spiro atoms. The van der Waals surface area contributed by atoms with E-state index in [4.69, 9.17) is 4.74 Å². The number of hydrogen-bond donors (Lipinski definition) is 1. The number of nitrogens with one attached hydrogen (secondary N) is 1. The Morgan fingerprint density at radius 2 is 1.92 bits per heavy atom. The second kappa shape index (κ2) is 7.94. The summed E-state index contributed by atoms with van der Waals surface area (Å²) in [5.41, 5.74) is 3.74. The highest BCUT2D eigenvalue weighted by Gasteiger charge is 2.11. The number of thiazole rings is 1.